The van der Waals surface area contributed by atoms with Gasteiger partial charge in [-0.3, -0.25) is 0 Å². The summed E-state index contributed by atoms with van der Waals surface area (Å²) in [5.41, 5.74) is 25.5. The Labute approximate surface area is 665 Å². The Morgan fingerprint density at radius 2 is 0.447 bits per heavy atom. The zero-order chi connectivity index (χ0) is 75.9. The molecule has 20 rings (SSSR count). The van der Waals surface area contributed by atoms with Gasteiger partial charge in [-0.15, -0.1) is 11.3 Å². The largest absolute Gasteiger partial charge is 0.456 e. The van der Waals surface area contributed by atoms with E-state index < -0.39 is 0 Å². The van der Waals surface area contributed by atoms with E-state index in [1.165, 1.54) is 64.7 Å². The second-order valence-electron chi connectivity index (χ2n) is 28.0. The molecule has 0 aliphatic carbocycles. The van der Waals surface area contributed by atoms with Gasteiger partial charge in [0, 0.05) is 64.3 Å². The number of rotatable bonds is 16. The van der Waals surface area contributed by atoms with Crippen molar-refractivity contribution in [3.8, 4) is 90.6 Å². The summed E-state index contributed by atoms with van der Waals surface area (Å²) >= 11 is 1.80. The van der Waals surface area contributed by atoms with E-state index in [1.54, 1.807) is 11.3 Å². The Balaban J connectivity index is 0.000000153. The minimum atomic E-state index is 0.587. The predicted molar refractivity (Wildman–Crippen MR) is 472 cm³/mol. The summed E-state index contributed by atoms with van der Waals surface area (Å²) in [6.45, 7) is 0. The number of furan rings is 1. The highest BCUT2D eigenvalue weighted by molar-refractivity contribution is 7.25. The number of hydrogen-bond acceptors (Lipinski definition) is 8. The van der Waals surface area contributed by atoms with Crippen LogP contribution in [0.3, 0.4) is 0 Å². The van der Waals surface area contributed by atoms with Gasteiger partial charge in [-0.25, -0.2) is 29.9 Å². The third-order valence-electron chi connectivity index (χ3n) is 20.7. The summed E-state index contributed by atoms with van der Waals surface area (Å²) in [5.74, 6) is 3.73. The number of aromatic nitrogens is 6. The topological polar surface area (TPSA) is 90.5 Å². The van der Waals surface area contributed by atoms with Crippen LogP contribution in [0.4, 0.5) is 0 Å². The molecular weight excluding hydrogens is 1410 g/mol. The molecule has 0 saturated carbocycles. The standard InChI is InChI=1S/C53H35N3O.C53H35N3S/c1-5-16-37(17-6-1)49(38-18-7-2-8-19-38)50(39-20-9-3-10-21-39)40-30-28-36(29-31-40)42-24-15-25-43(34-42)52-54-51(41-22-11-4-12-23-41)55-53(56-52)44-32-33-46-45-26-13-14-27-47(45)57-48(46)35-44;1-5-17-36(18-6-1)49(37-19-7-2-8-20-37)50(38-21-9-3-10-22-38)42-27-15-25-40(33-42)41-26-16-28-43(34-41)52-54-51(39-23-11-4-12-24-39)55-53(56-52)44-31-32-46-45-29-13-14-30-47(45)57-48(46)35-44/h2*1-35H. The maximum absolute atomic E-state index is 6.24. The molecule has 0 aliphatic heterocycles. The van der Waals surface area contributed by atoms with E-state index in [9.17, 15) is 0 Å². The number of nitrogens with zero attached hydrogens (tertiary/aromatic N) is 6. The molecule has 7 nitrogen and oxygen atoms in total. The normalized spacial score (nSPS) is 11.2. The van der Waals surface area contributed by atoms with Crippen LogP contribution in [0.25, 0.3) is 155 Å². The van der Waals surface area contributed by atoms with Gasteiger partial charge >= 0.3 is 0 Å². The van der Waals surface area contributed by atoms with Crippen molar-refractivity contribution in [1.29, 1.82) is 0 Å². The van der Waals surface area contributed by atoms with Crippen LogP contribution in [0.2, 0.25) is 0 Å². The summed E-state index contributed by atoms with van der Waals surface area (Å²) < 4.78 is 8.73. The highest BCUT2D eigenvalue weighted by Gasteiger charge is 2.22. The van der Waals surface area contributed by atoms with E-state index in [1.807, 2.05) is 72.8 Å². The molecule has 0 saturated heterocycles. The Kier molecular flexibility index (Phi) is 19.2. The van der Waals surface area contributed by atoms with Crippen LogP contribution in [0, 0.1) is 0 Å². The molecule has 0 radical (unpaired) electrons. The number of thiophene rings is 1. The minimum Gasteiger partial charge on any atom is -0.456 e. The molecule has 0 N–H and O–H groups in total. The predicted octanol–water partition coefficient (Wildman–Crippen LogP) is 27.4. The van der Waals surface area contributed by atoms with Crippen LogP contribution in [0.5, 0.6) is 0 Å². The Hall–Kier alpha value is -15.0. The number of para-hydroxylation sites is 1. The van der Waals surface area contributed by atoms with Gasteiger partial charge in [0.05, 0.1) is 0 Å². The molecule has 4 heterocycles. The lowest BCUT2D eigenvalue weighted by molar-refractivity contribution is 0.669. The van der Waals surface area contributed by atoms with Crippen LogP contribution in [0.1, 0.15) is 44.5 Å². The average molecular weight is 1480 g/mol. The molecule has 16 aromatic carbocycles. The molecule has 20 aromatic rings. The van der Waals surface area contributed by atoms with E-state index in [4.69, 9.17) is 34.3 Å². The van der Waals surface area contributed by atoms with E-state index in [0.717, 1.165) is 99.8 Å². The highest BCUT2D eigenvalue weighted by atomic mass is 32.1. The van der Waals surface area contributed by atoms with Crippen molar-refractivity contribution in [2.24, 2.45) is 0 Å². The summed E-state index contributed by atoms with van der Waals surface area (Å²) in [5, 5.41) is 4.67. The lowest BCUT2D eigenvalue weighted by atomic mass is 9.85. The average Bonchev–Trinajstić information content (AvgIpc) is 1.10. The van der Waals surface area contributed by atoms with Gasteiger partial charge in [0.1, 0.15) is 11.2 Å². The van der Waals surface area contributed by atoms with Crippen molar-refractivity contribution >= 4 is 75.7 Å². The maximum atomic E-state index is 6.24. The van der Waals surface area contributed by atoms with Crippen molar-refractivity contribution in [2.75, 3.05) is 0 Å². The van der Waals surface area contributed by atoms with Crippen LogP contribution < -0.4 is 0 Å². The molecule has 0 fully saturated rings. The lowest BCUT2D eigenvalue weighted by Gasteiger charge is -2.19. The van der Waals surface area contributed by atoms with E-state index >= 15 is 0 Å². The fraction of sp³-hybridized carbons (Fsp3) is 0. The number of fused-ring (bicyclic) bond motifs is 6. The zero-order valence-electron chi connectivity index (χ0n) is 61.9. The molecule has 0 atom stereocenters. The smallest absolute Gasteiger partial charge is 0.164 e. The van der Waals surface area contributed by atoms with Crippen molar-refractivity contribution in [2.45, 2.75) is 0 Å². The summed E-state index contributed by atoms with van der Waals surface area (Å²) in [6.07, 6.45) is 0. The molecule has 0 aliphatic rings. The van der Waals surface area contributed by atoms with Gasteiger partial charge in [-0.05, 0) is 138 Å². The van der Waals surface area contributed by atoms with Gasteiger partial charge < -0.3 is 4.42 Å². The molecular formula is C106H70N6OS. The van der Waals surface area contributed by atoms with Crippen LogP contribution in [-0.4, -0.2) is 29.9 Å². The van der Waals surface area contributed by atoms with Crippen LogP contribution in [0.15, 0.2) is 429 Å². The number of benzene rings is 16. The van der Waals surface area contributed by atoms with Crippen LogP contribution >= 0.6 is 11.3 Å². The summed E-state index contributed by atoms with van der Waals surface area (Å²) in [6, 6.07) is 149. The first-order chi connectivity index (χ1) is 56.5. The minimum absolute atomic E-state index is 0.587. The van der Waals surface area contributed by atoms with Crippen molar-refractivity contribution < 1.29 is 4.42 Å². The molecule has 0 spiro atoms. The first-order valence-electron chi connectivity index (χ1n) is 38.2. The molecule has 4 aromatic heterocycles. The molecule has 0 unspecified atom stereocenters. The first kappa shape index (κ1) is 69.5. The first-order valence-corrected chi connectivity index (χ1v) is 39.0. The zero-order valence-corrected chi connectivity index (χ0v) is 62.7. The van der Waals surface area contributed by atoms with E-state index in [0.29, 0.717) is 34.9 Å². The SMILES string of the molecule is c1ccc(C(=C(c2ccccc2)c2ccc(-c3cccc(-c4nc(-c5ccccc5)nc(-c5ccc6c(c5)oc5ccccc56)n4)c3)cc2)c2ccccc2)cc1.c1ccc(C(=C(c2ccccc2)c2cccc(-c3cccc(-c4nc(-c5ccccc5)nc(-c5ccc6c(c5)sc5ccccc56)n4)c3)c2)c2ccccc2)cc1. The molecule has 114 heavy (non-hydrogen) atoms. The van der Waals surface area contributed by atoms with E-state index in [-0.39, 0.29) is 0 Å². The fourth-order valence-electron chi connectivity index (χ4n) is 15.2. The van der Waals surface area contributed by atoms with Gasteiger partial charge in [-0.1, -0.05) is 376 Å². The van der Waals surface area contributed by atoms with Crippen molar-refractivity contribution in [3.05, 3.63) is 469 Å². The van der Waals surface area contributed by atoms with Gasteiger partial charge in [0.25, 0.3) is 0 Å². The van der Waals surface area contributed by atoms with Gasteiger partial charge in [-0.2, -0.15) is 0 Å². The quantitative estimate of drug-likeness (QED) is 0.0890. The Morgan fingerprint density at radius 1 is 0.167 bits per heavy atom. The maximum Gasteiger partial charge on any atom is 0.164 e. The van der Waals surface area contributed by atoms with Crippen molar-refractivity contribution in [1.82, 2.24) is 29.9 Å². The third kappa shape index (κ3) is 14.4. The summed E-state index contributed by atoms with van der Waals surface area (Å²) in [7, 11) is 0. The second kappa shape index (κ2) is 31.6. The van der Waals surface area contributed by atoms with E-state index in [2.05, 4.69) is 352 Å². The second-order valence-corrected chi connectivity index (χ2v) is 29.1. The highest BCUT2D eigenvalue weighted by Crippen LogP contribution is 2.43. The lowest BCUT2D eigenvalue weighted by Crippen LogP contribution is -2.00. The van der Waals surface area contributed by atoms with Gasteiger partial charge in [0.15, 0.2) is 34.9 Å². The molecule has 8 heteroatoms. The fourth-order valence-corrected chi connectivity index (χ4v) is 16.4. The van der Waals surface area contributed by atoms with Crippen molar-refractivity contribution in [3.63, 3.8) is 0 Å². The molecule has 0 amide bonds. The molecule has 536 valence electrons. The summed E-state index contributed by atoms with van der Waals surface area (Å²) in [4.78, 5) is 30.4. The Morgan fingerprint density at radius 3 is 0.904 bits per heavy atom. The number of hydrogen-bond donors (Lipinski definition) is 0. The molecule has 0 bridgehead atoms. The Bertz CT molecular complexity index is 6830. The van der Waals surface area contributed by atoms with Crippen LogP contribution in [-0.2, 0) is 0 Å². The third-order valence-corrected chi connectivity index (χ3v) is 21.9. The van der Waals surface area contributed by atoms with Gasteiger partial charge in [0.2, 0.25) is 0 Å². The monoisotopic (exact) mass is 1470 g/mol.